The van der Waals surface area contributed by atoms with Crippen LogP contribution in [-0.4, -0.2) is 17.5 Å². The first-order valence-corrected chi connectivity index (χ1v) is 9.56. The van der Waals surface area contributed by atoms with Crippen molar-refractivity contribution in [2.45, 2.75) is 97.6 Å². The highest BCUT2D eigenvalue weighted by atomic mass is 16.8. The lowest BCUT2D eigenvalue weighted by atomic mass is 9.63. The van der Waals surface area contributed by atoms with Crippen LogP contribution in [0.2, 0.25) is 0 Å². The van der Waals surface area contributed by atoms with Gasteiger partial charge in [0.2, 0.25) is 0 Å². The second-order valence-corrected chi connectivity index (χ2v) is 9.82. The van der Waals surface area contributed by atoms with Gasteiger partial charge in [0, 0.05) is 6.42 Å². The molecule has 4 aliphatic rings. The van der Waals surface area contributed by atoms with E-state index < -0.39 is 0 Å². The van der Waals surface area contributed by atoms with Gasteiger partial charge in [-0.15, -0.1) is 0 Å². The van der Waals surface area contributed by atoms with E-state index in [1.807, 2.05) is 0 Å². The average Bonchev–Trinajstić information content (AvgIpc) is 2.92. The molecule has 0 radical (unpaired) electrons. The fourth-order valence-electron chi connectivity index (χ4n) is 7.47. The summed E-state index contributed by atoms with van der Waals surface area (Å²) in [5.74, 6) is 2.01. The topological polar surface area (TPSA) is 18.5 Å². The lowest BCUT2D eigenvalue weighted by Crippen LogP contribution is -2.52. The largest absolute Gasteiger partial charge is 0.344 e. The van der Waals surface area contributed by atoms with E-state index in [0.29, 0.717) is 22.9 Å². The zero-order chi connectivity index (χ0) is 16.0. The Morgan fingerprint density at radius 3 is 2.41 bits per heavy atom. The lowest BCUT2D eigenvalue weighted by molar-refractivity contribution is -0.193. The van der Waals surface area contributed by atoms with Crippen LogP contribution in [0.4, 0.5) is 0 Å². The van der Waals surface area contributed by atoms with Crippen LogP contribution in [0.25, 0.3) is 0 Å². The summed E-state index contributed by atoms with van der Waals surface area (Å²) in [6, 6.07) is 0. The van der Waals surface area contributed by atoms with Gasteiger partial charge in [-0.1, -0.05) is 34.1 Å². The van der Waals surface area contributed by atoms with Crippen molar-refractivity contribution < 1.29 is 9.47 Å². The molecule has 2 bridgehead atoms. The molecular formula is C20H34O2. The minimum Gasteiger partial charge on any atom is -0.344 e. The van der Waals surface area contributed by atoms with Gasteiger partial charge in [0.25, 0.3) is 0 Å². The molecule has 2 nitrogen and oxygen atoms in total. The third-order valence-corrected chi connectivity index (χ3v) is 8.37. The maximum absolute atomic E-state index is 6.72. The van der Waals surface area contributed by atoms with Crippen LogP contribution < -0.4 is 0 Å². The predicted octanol–water partition coefficient (Wildman–Crippen LogP) is 5.16. The molecule has 0 N–H and O–H groups in total. The van der Waals surface area contributed by atoms with E-state index in [1.54, 1.807) is 0 Å². The van der Waals surface area contributed by atoms with Gasteiger partial charge >= 0.3 is 0 Å². The Labute approximate surface area is 136 Å². The normalized spacial score (nSPS) is 58.6. The highest BCUT2D eigenvalue weighted by Gasteiger charge is 2.74. The minimum atomic E-state index is -0.358. The molecule has 1 spiro atoms. The molecule has 1 aliphatic heterocycles. The fourth-order valence-corrected chi connectivity index (χ4v) is 7.47. The van der Waals surface area contributed by atoms with E-state index in [9.17, 15) is 0 Å². The number of fused-ring (bicyclic) bond motifs is 3. The summed E-state index contributed by atoms with van der Waals surface area (Å²) in [7, 11) is 0. The van der Waals surface area contributed by atoms with E-state index in [0.717, 1.165) is 24.7 Å². The quantitative estimate of drug-likeness (QED) is 0.701. The number of rotatable bonds is 2. The highest BCUT2D eigenvalue weighted by molar-refractivity contribution is 5.21. The molecule has 2 heteroatoms. The zero-order valence-electron chi connectivity index (χ0n) is 15.4. The van der Waals surface area contributed by atoms with Crippen LogP contribution in [-0.2, 0) is 9.47 Å². The Morgan fingerprint density at radius 1 is 1.00 bits per heavy atom. The molecule has 0 aromatic rings. The molecule has 0 aromatic heterocycles. The summed E-state index contributed by atoms with van der Waals surface area (Å²) in [6.07, 6.45) is 7.86. The van der Waals surface area contributed by atoms with Gasteiger partial charge in [-0.25, -0.2) is 0 Å². The van der Waals surface area contributed by atoms with Crippen molar-refractivity contribution in [1.29, 1.82) is 0 Å². The standard InChI is InChI=1S/C20H34O2/c1-7-10-18(5)21-16-12-20-11-15(19(16,6)22-18)17(3,4)14(20)9-8-13(20)2/h13-16H,7-12H2,1-6H3/t13-,14?,15+,16+,18+,19-,20-/m1/s1. The van der Waals surface area contributed by atoms with Gasteiger partial charge in [0.15, 0.2) is 5.79 Å². The second-order valence-electron chi connectivity index (χ2n) is 9.82. The molecule has 1 heterocycles. The van der Waals surface area contributed by atoms with E-state index in [-0.39, 0.29) is 11.4 Å². The van der Waals surface area contributed by atoms with Gasteiger partial charge in [-0.3, -0.25) is 0 Å². The summed E-state index contributed by atoms with van der Waals surface area (Å²) in [5, 5.41) is 0. The number of hydrogen-bond acceptors (Lipinski definition) is 2. The Hall–Kier alpha value is -0.0800. The van der Waals surface area contributed by atoms with Gasteiger partial charge in [0.1, 0.15) is 0 Å². The molecule has 4 rings (SSSR count). The van der Waals surface area contributed by atoms with Crippen LogP contribution in [0.3, 0.4) is 0 Å². The van der Waals surface area contributed by atoms with Crippen LogP contribution in [0.15, 0.2) is 0 Å². The SMILES string of the molecule is CCC[C@@]1(C)O[C@H]2C[C@@]34C[C@@H](C(C)(C)C3CC[C@H]4C)[C@@]2(C)O1. The minimum absolute atomic E-state index is 0.0806. The fraction of sp³-hybridized carbons (Fsp3) is 1.00. The second kappa shape index (κ2) is 4.30. The predicted molar refractivity (Wildman–Crippen MR) is 88.5 cm³/mol. The summed E-state index contributed by atoms with van der Waals surface area (Å²) in [6.45, 7) is 14.3. The van der Waals surface area contributed by atoms with E-state index in [4.69, 9.17) is 9.47 Å². The number of hydrogen-bond donors (Lipinski definition) is 0. The average molecular weight is 306 g/mol. The Kier molecular flexibility index (Phi) is 3.02. The number of ether oxygens (including phenoxy) is 2. The Morgan fingerprint density at radius 2 is 1.73 bits per heavy atom. The molecule has 4 fully saturated rings. The molecule has 3 aliphatic carbocycles. The van der Waals surface area contributed by atoms with Crippen molar-refractivity contribution in [1.82, 2.24) is 0 Å². The van der Waals surface area contributed by atoms with E-state index in [1.165, 1.54) is 25.7 Å². The van der Waals surface area contributed by atoms with E-state index in [2.05, 4.69) is 41.5 Å². The first-order chi connectivity index (χ1) is 10.2. The Balaban J connectivity index is 1.75. The smallest absolute Gasteiger partial charge is 0.166 e. The summed E-state index contributed by atoms with van der Waals surface area (Å²) in [4.78, 5) is 0. The van der Waals surface area contributed by atoms with Gasteiger partial charge in [-0.05, 0) is 68.1 Å². The zero-order valence-corrected chi connectivity index (χ0v) is 15.4. The maximum Gasteiger partial charge on any atom is 0.166 e. The summed E-state index contributed by atoms with van der Waals surface area (Å²) >= 11 is 0. The van der Waals surface area contributed by atoms with Crippen molar-refractivity contribution in [3.63, 3.8) is 0 Å². The molecule has 126 valence electrons. The molecule has 7 atom stereocenters. The summed E-state index contributed by atoms with van der Waals surface area (Å²) < 4.78 is 13.3. The third-order valence-electron chi connectivity index (χ3n) is 8.37. The maximum atomic E-state index is 6.72. The molecule has 1 unspecified atom stereocenters. The van der Waals surface area contributed by atoms with Crippen LogP contribution in [0, 0.1) is 28.6 Å². The summed E-state index contributed by atoms with van der Waals surface area (Å²) in [5.41, 5.74) is 0.830. The lowest BCUT2D eigenvalue weighted by Gasteiger charge is -2.47. The first kappa shape index (κ1) is 15.4. The van der Waals surface area contributed by atoms with Crippen LogP contribution in [0.5, 0.6) is 0 Å². The van der Waals surface area contributed by atoms with E-state index >= 15 is 0 Å². The molecule has 22 heavy (non-hydrogen) atoms. The highest BCUT2D eigenvalue weighted by Crippen LogP contribution is 2.75. The van der Waals surface area contributed by atoms with Gasteiger partial charge in [-0.2, -0.15) is 0 Å². The monoisotopic (exact) mass is 306 g/mol. The molecule has 0 aromatic carbocycles. The molecular weight excluding hydrogens is 272 g/mol. The van der Waals surface area contributed by atoms with Gasteiger partial charge in [0.05, 0.1) is 11.7 Å². The first-order valence-electron chi connectivity index (χ1n) is 9.56. The van der Waals surface area contributed by atoms with Crippen molar-refractivity contribution in [2.75, 3.05) is 0 Å². The van der Waals surface area contributed by atoms with Crippen LogP contribution >= 0.6 is 0 Å². The molecule has 1 saturated heterocycles. The van der Waals surface area contributed by atoms with Crippen molar-refractivity contribution in [2.24, 2.45) is 28.6 Å². The van der Waals surface area contributed by atoms with Crippen molar-refractivity contribution in [3.05, 3.63) is 0 Å². The van der Waals surface area contributed by atoms with Crippen molar-refractivity contribution >= 4 is 0 Å². The third kappa shape index (κ3) is 1.64. The Bertz CT molecular complexity index is 486. The van der Waals surface area contributed by atoms with Gasteiger partial charge < -0.3 is 9.47 Å². The molecule has 0 amide bonds. The van der Waals surface area contributed by atoms with Crippen molar-refractivity contribution in [3.8, 4) is 0 Å². The molecule has 3 saturated carbocycles. The van der Waals surface area contributed by atoms with Crippen LogP contribution in [0.1, 0.15) is 80.1 Å².